The summed E-state index contributed by atoms with van der Waals surface area (Å²) in [4.78, 5) is 0. The average Bonchev–Trinajstić information content (AvgIpc) is 2.34. The summed E-state index contributed by atoms with van der Waals surface area (Å²) in [7, 11) is 0. The van der Waals surface area contributed by atoms with Crippen molar-refractivity contribution < 1.29 is 13.5 Å². The molecule has 0 unspecified atom stereocenters. The molecule has 0 atom stereocenters. The maximum Gasteiger partial charge on any atom is 0.148 e. The van der Waals surface area contributed by atoms with Gasteiger partial charge in [-0.2, -0.15) is 5.26 Å². The number of benzene rings is 2. The number of halogens is 3. The maximum atomic E-state index is 13.3. The van der Waals surface area contributed by atoms with Gasteiger partial charge in [-0.15, -0.1) is 0 Å². The van der Waals surface area contributed by atoms with Gasteiger partial charge in [-0.3, -0.25) is 0 Å². The molecule has 0 bridgehead atoms. The van der Waals surface area contributed by atoms with Crippen LogP contribution in [-0.4, -0.2) is 0 Å². The van der Waals surface area contributed by atoms with E-state index < -0.39 is 11.6 Å². The van der Waals surface area contributed by atoms with Gasteiger partial charge in [-0.05, 0) is 46.3 Å². The van der Waals surface area contributed by atoms with Gasteiger partial charge in [0.05, 0.1) is 4.47 Å². The molecule has 0 aliphatic carbocycles. The Bertz CT molecular complexity index is 637. The SMILES string of the molecule is N#Cc1c(F)cccc1Oc1ccc(F)c(Br)c1. The largest absolute Gasteiger partial charge is 0.456 e. The zero-order valence-corrected chi connectivity index (χ0v) is 10.5. The molecule has 0 aliphatic rings. The predicted molar refractivity (Wildman–Crippen MR) is 65.3 cm³/mol. The second-order valence-corrected chi connectivity index (χ2v) is 4.26. The van der Waals surface area contributed by atoms with Gasteiger partial charge in [0.25, 0.3) is 0 Å². The first-order valence-electron chi connectivity index (χ1n) is 4.93. The van der Waals surface area contributed by atoms with E-state index in [-0.39, 0.29) is 15.8 Å². The molecule has 0 fully saturated rings. The molecule has 0 radical (unpaired) electrons. The first-order valence-corrected chi connectivity index (χ1v) is 5.72. The minimum atomic E-state index is -0.656. The van der Waals surface area contributed by atoms with E-state index in [0.29, 0.717) is 5.75 Å². The van der Waals surface area contributed by atoms with Crippen LogP contribution in [0.1, 0.15) is 5.56 Å². The first-order chi connectivity index (χ1) is 8.61. The third-order valence-electron chi connectivity index (χ3n) is 2.21. The third-order valence-corrected chi connectivity index (χ3v) is 2.81. The number of hydrogen-bond donors (Lipinski definition) is 0. The molecule has 0 spiro atoms. The number of nitrogens with zero attached hydrogens (tertiary/aromatic N) is 1. The molecule has 0 saturated carbocycles. The van der Waals surface area contributed by atoms with E-state index >= 15 is 0 Å². The van der Waals surface area contributed by atoms with Gasteiger partial charge in [-0.25, -0.2) is 8.78 Å². The molecule has 2 aromatic carbocycles. The van der Waals surface area contributed by atoms with Crippen LogP contribution >= 0.6 is 15.9 Å². The van der Waals surface area contributed by atoms with Crippen LogP contribution in [0.4, 0.5) is 8.78 Å². The molecular weight excluding hydrogens is 304 g/mol. The van der Waals surface area contributed by atoms with Crippen molar-refractivity contribution in [2.24, 2.45) is 0 Å². The van der Waals surface area contributed by atoms with E-state index in [2.05, 4.69) is 15.9 Å². The van der Waals surface area contributed by atoms with Gasteiger partial charge < -0.3 is 4.74 Å². The fraction of sp³-hybridized carbons (Fsp3) is 0. The fourth-order valence-electron chi connectivity index (χ4n) is 1.37. The van der Waals surface area contributed by atoms with Crippen molar-refractivity contribution in [1.29, 1.82) is 5.26 Å². The summed E-state index contributed by atoms with van der Waals surface area (Å²) in [5.74, 6) is -0.681. The van der Waals surface area contributed by atoms with Crippen LogP contribution in [0.15, 0.2) is 40.9 Å². The Balaban J connectivity index is 2.37. The Morgan fingerprint density at radius 3 is 2.56 bits per heavy atom. The monoisotopic (exact) mass is 309 g/mol. The van der Waals surface area contributed by atoms with E-state index in [1.807, 2.05) is 0 Å². The maximum absolute atomic E-state index is 13.3. The summed E-state index contributed by atoms with van der Waals surface area (Å²) in [5.41, 5.74) is -0.182. The lowest BCUT2D eigenvalue weighted by Crippen LogP contribution is -1.92. The average molecular weight is 310 g/mol. The van der Waals surface area contributed by atoms with Gasteiger partial charge in [0.2, 0.25) is 0 Å². The van der Waals surface area contributed by atoms with E-state index in [4.69, 9.17) is 10.00 Å². The van der Waals surface area contributed by atoms with Crippen molar-refractivity contribution in [3.8, 4) is 17.6 Å². The molecule has 2 aromatic rings. The van der Waals surface area contributed by atoms with Gasteiger partial charge in [-0.1, -0.05) is 6.07 Å². The lowest BCUT2D eigenvalue weighted by Gasteiger charge is -2.08. The standard InChI is InChI=1S/C13H6BrF2NO/c14-10-6-8(4-5-12(10)16)18-13-3-1-2-11(15)9(13)7-17/h1-6H. The molecule has 18 heavy (non-hydrogen) atoms. The van der Waals surface area contributed by atoms with Gasteiger partial charge in [0, 0.05) is 0 Å². The van der Waals surface area contributed by atoms with Gasteiger partial charge in [0.15, 0.2) is 0 Å². The van der Waals surface area contributed by atoms with Gasteiger partial charge in [0.1, 0.15) is 34.8 Å². The molecule has 0 aliphatic heterocycles. The summed E-state index contributed by atoms with van der Waals surface area (Å²) in [5, 5.41) is 8.84. The van der Waals surface area contributed by atoms with Crippen molar-refractivity contribution >= 4 is 15.9 Å². The van der Waals surface area contributed by atoms with E-state index in [9.17, 15) is 8.78 Å². The van der Waals surface area contributed by atoms with E-state index in [1.54, 1.807) is 6.07 Å². The van der Waals surface area contributed by atoms with Crippen molar-refractivity contribution in [2.75, 3.05) is 0 Å². The Labute approximate surface area is 111 Å². The first kappa shape index (κ1) is 12.5. The third kappa shape index (κ3) is 2.49. The molecule has 0 saturated heterocycles. The Hall–Kier alpha value is -1.93. The van der Waals surface area contributed by atoms with Crippen LogP contribution in [-0.2, 0) is 0 Å². The van der Waals surface area contributed by atoms with E-state index in [0.717, 1.165) is 0 Å². The van der Waals surface area contributed by atoms with E-state index in [1.165, 1.54) is 36.4 Å². The Morgan fingerprint density at radius 2 is 1.89 bits per heavy atom. The van der Waals surface area contributed by atoms with Crippen LogP contribution in [0.2, 0.25) is 0 Å². The highest BCUT2D eigenvalue weighted by atomic mass is 79.9. The summed E-state index contributed by atoms with van der Waals surface area (Å²) >= 11 is 3.02. The molecule has 2 nitrogen and oxygen atoms in total. The summed E-state index contributed by atoms with van der Waals surface area (Å²) in [6.45, 7) is 0. The zero-order chi connectivity index (χ0) is 13.1. The topological polar surface area (TPSA) is 33.0 Å². The summed E-state index contributed by atoms with van der Waals surface area (Å²) in [6, 6.07) is 9.81. The molecule has 0 aromatic heterocycles. The van der Waals surface area contributed by atoms with Crippen LogP contribution in [0.25, 0.3) is 0 Å². The van der Waals surface area contributed by atoms with Crippen LogP contribution in [0.3, 0.4) is 0 Å². The minimum Gasteiger partial charge on any atom is -0.456 e. The highest BCUT2D eigenvalue weighted by molar-refractivity contribution is 9.10. The molecule has 90 valence electrons. The number of nitriles is 1. The number of ether oxygens (including phenoxy) is 1. The number of rotatable bonds is 2. The fourth-order valence-corrected chi connectivity index (χ4v) is 1.72. The smallest absolute Gasteiger partial charge is 0.148 e. The molecular formula is C13H6BrF2NO. The quantitative estimate of drug-likeness (QED) is 0.824. The van der Waals surface area contributed by atoms with Crippen LogP contribution in [0, 0.1) is 23.0 Å². The Kier molecular flexibility index (Phi) is 3.58. The predicted octanol–water partition coefficient (Wildman–Crippen LogP) is 4.39. The number of hydrogen-bond acceptors (Lipinski definition) is 2. The molecule has 0 heterocycles. The minimum absolute atomic E-state index is 0.0935. The van der Waals surface area contributed by atoms with Gasteiger partial charge >= 0.3 is 0 Å². The highest BCUT2D eigenvalue weighted by Gasteiger charge is 2.10. The molecule has 2 rings (SSSR count). The molecule has 5 heteroatoms. The lowest BCUT2D eigenvalue weighted by molar-refractivity contribution is 0.472. The van der Waals surface area contributed by atoms with Crippen molar-refractivity contribution in [2.45, 2.75) is 0 Å². The Morgan fingerprint density at radius 1 is 1.11 bits per heavy atom. The summed E-state index contributed by atoms with van der Waals surface area (Å²) < 4.78 is 31.9. The molecule has 0 N–H and O–H groups in total. The second-order valence-electron chi connectivity index (χ2n) is 3.40. The zero-order valence-electron chi connectivity index (χ0n) is 8.95. The normalized spacial score (nSPS) is 9.89. The van der Waals surface area contributed by atoms with Crippen molar-refractivity contribution in [3.63, 3.8) is 0 Å². The van der Waals surface area contributed by atoms with Crippen LogP contribution < -0.4 is 4.74 Å². The second kappa shape index (κ2) is 5.15. The van der Waals surface area contributed by atoms with Crippen molar-refractivity contribution in [3.05, 3.63) is 58.1 Å². The summed E-state index contributed by atoms with van der Waals surface area (Å²) in [6.07, 6.45) is 0. The van der Waals surface area contributed by atoms with Crippen LogP contribution in [0.5, 0.6) is 11.5 Å². The molecule has 0 amide bonds. The van der Waals surface area contributed by atoms with Crippen molar-refractivity contribution in [1.82, 2.24) is 0 Å². The highest BCUT2D eigenvalue weighted by Crippen LogP contribution is 2.29. The lowest BCUT2D eigenvalue weighted by atomic mass is 10.2.